The van der Waals surface area contributed by atoms with Crippen LogP contribution >= 0.6 is 11.6 Å². The zero-order chi connectivity index (χ0) is 30.7. The van der Waals surface area contributed by atoms with Crippen LogP contribution in [0.3, 0.4) is 0 Å². The van der Waals surface area contributed by atoms with Gasteiger partial charge in [0, 0.05) is 60.5 Å². The number of nitrogen functional groups attached to an aromatic ring is 1. The van der Waals surface area contributed by atoms with Crippen molar-refractivity contribution in [2.24, 2.45) is 5.92 Å². The van der Waals surface area contributed by atoms with Crippen LogP contribution in [0.15, 0.2) is 30.5 Å². The molecule has 232 valence electrons. The van der Waals surface area contributed by atoms with Crippen molar-refractivity contribution in [1.29, 1.82) is 0 Å². The van der Waals surface area contributed by atoms with E-state index in [0.29, 0.717) is 46.7 Å². The van der Waals surface area contributed by atoms with E-state index in [1.807, 2.05) is 4.90 Å². The van der Waals surface area contributed by atoms with Gasteiger partial charge >= 0.3 is 6.01 Å². The Balaban J connectivity index is 0.000000306. The molecular weight excluding hydrogens is 827 g/mol. The molecule has 3 saturated heterocycles. The summed E-state index contributed by atoms with van der Waals surface area (Å²) in [6, 6.07) is 6.80. The van der Waals surface area contributed by atoms with Crippen LogP contribution in [0.25, 0.3) is 32.9 Å². The van der Waals surface area contributed by atoms with Gasteiger partial charge in [-0.25, -0.2) is 19.2 Å². The third kappa shape index (κ3) is 5.84. The van der Waals surface area contributed by atoms with E-state index in [4.69, 9.17) is 23.8 Å². The molecule has 3 N–H and O–H groups in total. The van der Waals surface area contributed by atoms with Gasteiger partial charge in [-0.2, -0.15) is 16.4 Å². The van der Waals surface area contributed by atoms with Crippen molar-refractivity contribution in [3.63, 3.8) is 0 Å². The number of hydrogen-bond donors (Lipinski definition) is 2. The summed E-state index contributed by atoms with van der Waals surface area (Å²) in [5.74, 6) is 1.70. The van der Waals surface area contributed by atoms with Crippen LogP contribution < -0.4 is 10.6 Å². The summed E-state index contributed by atoms with van der Waals surface area (Å²) >= 11 is 6.52. The molecule has 45 heavy (non-hydrogen) atoms. The molecular formula is C33H31ClF3N6OU-. The number of halogens is 4. The smallest absolute Gasteiger partial charge is 0.316 e. The summed E-state index contributed by atoms with van der Waals surface area (Å²) < 4.78 is 43.2. The number of aromatic nitrogens is 3. The molecule has 2 aromatic carbocycles. The molecule has 0 unspecified atom stereocenters. The second-order valence-corrected chi connectivity index (χ2v) is 12.5. The Morgan fingerprint density at radius 1 is 1.13 bits per heavy atom. The molecule has 0 bridgehead atoms. The van der Waals surface area contributed by atoms with Crippen molar-refractivity contribution >= 4 is 44.8 Å². The molecule has 7 nitrogen and oxygen atoms in total. The van der Waals surface area contributed by atoms with Crippen LogP contribution in [0.4, 0.5) is 24.7 Å². The van der Waals surface area contributed by atoms with E-state index in [-0.39, 0.29) is 64.9 Å². The van der Waals surface area contributed by atoms with Gasteiger partial charge in [0.15, 0.2) is 5.82 Å². The monoisotopic (exact) mass is 857 g/mol. The number of aromatic hydroxyl groups is 1. The fourth-order valence-corrected chi connectivity index (χ4v) is 7.65. The molecule has 4 aromatic rings. The molecule has 1 aliphatic carbocycles. The largest absolute Gasteiger partial charge is 0.479 e. The Labute approximate surface area is 288 Å². The van der Waals surface area contributed by atoms with E-state index >= 15 is 4.39 Å². The van der Waals surface area contributed by atoms with Crippen LogP contribution in [-0.4, -0.2) is 62.2 Å². The van der Waals surface area contributed by atoms with Gasteiger partial charge in [0.1, 0.15) is 22.8 Å². The second-order valence-electron chi connectivity index (χ2n) is 12.0. The van der Waals surface area contributed by atoms with Crippen LogP contribution in [0, 0.1) is 67.1 Å². The predicted molar refractivity (Wildman–Crippen MR) is 166 cm³/mol. The zero-order valence-corrected chi connectivity index (χ0v) is 29.3. The number of benzene rings is 2. The quantitative estimate of drug-likeness (QED) is 0.105. The summed E-state index contributed by atoms with van der Waals surface area (Å²) in [4.78, 5) is 16.8. The van der Waals surface area contributed by atoms with Crippen molar-refractivity contribution in [2.75, 3.05) is 30.3 Å². The third-order valence-electron chi connectivity index (χ3n) is 9.21. The van der Waals surface area contributed by atoms with E-state index < -0.39 is 23.8 Å². The molecule has 12 heteroatoms. The van der Waals surface area contributed by atoms with Gasteiger partial charge in [-0.05, 0) is 55.4 Å². The SMILES string of the molecule is C#Cc1c(F)ccc2cc(N)cc(-c3ncc4c(N5CCCC[C@@H]6[C@@H](Cl)[C@@H]65)nc(O)nc4c3F)c12.F[C@@H]1C[C-]2CCCN2C1.[U]. The van der Waals surface area contributed by atoms with E-state index in [9.17, 15) is 13.9 Å². The van der Waals surface area contributed by atoms with Gasteiger partial charge in [-0.3, -0.25) is 4.98 Å². The standard InChI is InChI=1S/C26H20ClF2N5O.C7H11FN.U/c1-2-14-18(28)7-6-12-9-13(30)10-16(19(12)14)22-21(29)23-17(11-31-22)25(33-26(35)32-23)34-8-4-3-5-15-20(27)24(15)34;8-6-4-7-2-1-3-9(7)5-6;/h1,6-7,9-11,15,20,24H,3-5,8,30H2,(H,32,33,35);6H,1-5H2;/q;-1;/t15-,20-,24-;6-;/m11./s1. The summed E-state index contributed by atoms with van der Waals surface area (Å²) in [5, 5.41) is 11.6. The molecule has 8 rings (SSSR count). The van der Waals surface area contributed by atoms with Gasteiger partial charge in [-0.1, -0.05) is 24.8 Å². The number of rotatable bonds is 2. The minimum atomic E-state index is -0.787. The Hall–Kier alpha value is -2.76. The fourth-order valence-electron chi connectivity index (χ4n) is 7.14. The number of hydrogen-bond acceptors (Lipinski definition) is 7. The average Bonchev–Trinajstić information content (AvgIpc) is 3.30. The normalized spacial score (nSPS) is 24.3. The Morgan fingerprint density at radius 2 is 1.96 bits per heavy atom. The first-order chi connectivity index (χ1) is 21.2. The summed E-state index contributed by atoms with van der Waals surface area (Å²) in [6.07, 6.45) is 12.6. The van der Waals surface area contributed by atoms with E-state index in [1.165, 1.54) is 36.9 Å². The maximum absolute atomic E-state index is 16.0. The molecule has 0 radical (unpaired) electrons. The zero-order valence-electron chi connectivity index (χ0n) is 24.4. The molecule has 4 aliphatic rings. The molecule has 4 fully saturated rings. The minimum absolute atomic E-state index is 0. The van der Waals surface area contributed by atoms with Crippen LogP contribution in [0.5, 0.6) is 6.01 Å². The van der Waals surface area contributed by atoms with Gasteiger partial charge in [0.25, 0.3) is 0 Å². The second kappa shape index (κ2) is 12.8. The Kier molecular flexibility index (Phi) is 9.16. The number of fused-ring (bicyclic) bond motifs is 4. The molecule has 5 heterocycles. The number of nitrogens with zero attached hydrogens (tertiary/aromatic N) is 5. The maximum Gasteiger partial charge on any atom is 0.316 e. The van der Waals surface area contributed by atoms with Crippen molar-refractivity contribution < 1.29 is 49.4 Å². The number of pyridine rings is 1. The Bertz CT molecular complexity index is 1810. The third-order valence-corrected chi connectivity index (χ3v) is 9.79. The summed E-state index contributed by atoms with van der Waals surface area (Å²) in [7, 11) is 0. The van der Waals surface area contributed by atoms with Crippen molar-refractivity contribution in [3.8, 4) is 29.6 Å². The van der Waals surface area contributed by atoms with E-state index in [1.54, 1.807) is 6.07 Å². The number of alkyl halides is 2. The topological polar surface area (TPSA) is 91.4 Å². The minimum Gasteiger partial charge on any atom is -0.479 e. The fraction of sp³-hybridized carbons (Fsp3) is 0.394. The van der Waals surface area contributed by atoms with E-state index in [2.05, 4.69) is 25.8 Å². The number of terminal acetylenes is 1. The predicted octanol–water partition coefficient (Wildman–Crippen LogP) is 6.34. The van der Waals surface area contributed by atoms with Crippen molar-refractivity contribution in [2.45, 2.75) is 56.1 Å². The first-order valence-corrected chi connectivity index (χ1v) is 15.4. The molecule has 0 spiro atoms. The number of anilines is 2. The first-order valence-electron chi connectivity index (χ1n) is 14.9. The average molecular weight is 858 g/mol. The van der Waals surface area contributed by atoms with Crippen LogP contribution in [0.1, 0.15) is 44.1 Å². The molecule has 2 aromatic heterocycles. The molecule has 1 saturated carbocycles. The summed E-state index contributed by atoms with van der Waals surface area (Å²) in [6.45, 7) is 2.47. The molecule has 3 aliphatic heterocycles. The van der Waals surface area contributed by atoms with Gasteiger partial charge in [-0.15, -0.1) is 24.4 Å². The van der Waals surface area contributed by atoms with Gasteiger partial charge in [0.05, 0.1) is 28.5 Å². The van der Waals surface area contributed by atoms with Crippen LogP contribution in [-0.2, 0) is 0 Å². The molecule has 0 amide bonds. The number of nitrogens with two attached hydrogens (primary N) is 1. The van der Waals surface area contributed by atoms with Gasteiger partial charge < -0.3 is 20.6 Å². The Morgan fingerprint density at radius 3 is 2.73 bits per heavy atom. The van der Waals surface area contributed by atoms with Crippen LogP contribution in [0.2, 0.25) is 0 Å². The van der Waals surface area contributed by atoms with Gasteiger partial charge in [0.2, 0.25) is 0 Å². The first kappa shape index (κ1) is 32.2. The van der Waals surface area contributed by atoms with Crippen molar-refractivity contribution in [1.82, 2.24) is 19.9 Å². The summed E-state index contributed by atoms with van der Waals surface area (Å²) in [5.41, 5.74) is 6.44. The van der Waals surface area contributed by atoms with E-state index in [0.717, 1.165) is 38.6 Å². The molecule has 4 atom stereocenters. The maximum atomic E-state index is 16.0. The van der Waals surface area contributed by atoms with Crippen molar-refractivity contribution in [3.05, 3.63) is 53.7 Å².